The van der Waals surface area contributed by atoms with Crippen molar-refractivity contribution in [1.29, 1.82) is 0 Å². The number of thioether (sulfide) groups is 1. The van der Waals surface area contributed by atoms with E-state index >= 15 is 0 Å². The van der Waals surface area contributed by atoms with Crippen LogP contribution in [0.4, 0.5) is 5.69 Å². The monoisotopic (exact) mass is 373 g/mol. The maximum absolute atomic E-state index is 12.5. The molecule has 2 rings (SSSR count). The van der Waals surface area contributed by atoms with Crippen molar-refractivity contribution < 1.29 is 0 Å². The standard InChI is InChI=1S/C15H24BrN3OS/c1-3-21-8-7-11(2)18-14-13(16)9-17-19(15(14)20)10-12-5-4-6-12/h9,11-12,18H,3-8,10H2,1-2H3. The summed E-state index contributed by atoms with van der Waals surface area (Å²) in [6.07, 6.45) is 6.51. The molecule has 1 aromatic heterocycles. The molecule has 1 atom stereocenters. The van der Waals surface area contributed by atoms with Crippen molar-refractivity contribution in [3.05, 3.63) is 21.0 Å². The Bertz CT molecular complexity index is 516. The Morgan fingerprint density at radius 3 is 2.95 bits per heavy atom. The Morgan fingerprint density at radius 2 is 2.33 bits per heavy atom. The molecule has 1 heterocycles. The zero-order valence-corrected chi connectivity index (χ0v) is 15.2. The fourth-order valence-electron chi connectivity index (χ4n) is 2.37. The van der Waals surface area contributed by atoms with Gasteiger partial charge in [0.25, 0.3) is 5.56 Å². The van der Waals surface area contributed by atoms with Crippen LogP contribution >= 0.6 is 27.7 Å². The summed E-state index contributed by atoms with van der Waals surface area (Å²) in [5.74, 6) is 2.88. The molecule has 0 aromatic carbocycles. The molecule has 1 N–H and O–H groups in total. The number of rotatable bonds is 8. The first-order valence-corrected chi connectivity index (χ1v) is 9.66. The minimum Gasteiger partial charge on any atom is -0.377 e. The maximum Gasteiger partial charge on any atom is 0.291 e. The van der Waals surface area contributed by atoms with Crippen LogP contribution in [0.1, 0.15) is 39.5 Å². The van der Waals surface area contributed by atoms with Crippen molar-refractivity contribution in [1.82, 2.24) is 9.78 Å². The highest BCUT2D eigenvalue weighted by Gasteiger charge is 2.20. The van der Waals surface area contributed by atoms with Gasteiger partial charge in [0, 0.05) is 12.6 Å². The average molecular weight is 374 g/mol. The van der Waals surface area contributed by atoms with Crippen LogP contribution < -0.4 is 10.9 Å². The van der Waals surface area contributed by atoms with Gasteiger partial charge in [0.2, 0.25) is 0 Å². The number of aromatic nitrogens is 2. The SMILES string of the molecule is CCSCCC(C)Nc1c(Br)cnn(CC2CCC2)c1=O. The summed E-state index contributed by atoms with van der Waals surface area (Å²) in [5.41, 5.74) is 0.643. The van der Waals surface area contributed by atoms with Gasteiger partial charge >= 0.3 is 0 Å². The van der Waals surface area contributed by atoms with Crippen LogP contribution in [0, 0.1) is 5.92 Å². The lowest BCUT2D eigenvalue weighted by molar-refractivity contribution is 0.262. The molecule has 0 saturated heterocycles. The molecule has 1 unspecified atom stereocenters. The quantitative estimate of drug-likeness (QED) is 0.704. The van der Waals surface area contributed by atoms with Gasteiger partial charge in [0.05, 0.1) is 10.7 Å². The molecule has 0 bridgehead atoms. The Balaban J connectivity index is 2.03. The number of nitrogens with zero attached hydrogens (tertiary/aromatic N) is 2. The van der Waals surface area contributed by atoms with Gasteiger partial charge in [-0.05, 0) is 59.5 Å². The molecule has 21 heavy (non-hydrogen) atoms. The summed E-state index contributed by atoms with van der Waals surface area (Å²) in [5, 5.41) is 7.61. The molecule has 1 aliphatic carbocycles. The topological polar surface area (TPSA) is 46.9 Å². The molecule has 1 aliphatic rings. The molecule has 0 radical (unpaired) electrons. The predicted molar refractivity (Wildman–Crippen MR) is 94.2 cm³/mol. The lowest BCUT2D eigenvalue weighted by Crippen LogP contribution is -2.32. The minimum atomic E-state index is -0.00808. The molecule has 118 valence electrons. The lowest BCUT2D eigenvalue weighted by Gasteiger charge is -2.25. The van der Waals surface area contributed by atoms with Gasteiger partial charge in [-0.3, -0.25) is 4.79 Å². The summed E-state index contributed by atoms with van der Waals surface area (Å²) in [4.78, 5) is 12.5. The van der Waals surface area contributed by atoms with E-state index in [0.29, 0.717) is 11.6 Å². The average Bonchev–Trinajstić information content (AvgIpc) is 2.41. The van der Waals surface area contributed by atoms with E-state index in [4.69, 9.17) is 0 Å². The van der Waals surface area contributed by atoms with Crippen LogP contribution in [0.15, 0.2) is 15.5 Å². The molecular weight excluding hydrogens is 350 g/mol. The van der Waals surface area contributed by atoms with E-state index in [-0.39, 0.29) is 11.6 Å². The third-order valence-corrected chi connectivity index (χ3v) is 5.48. The van der Waals surface area contributed by atoms with E-state index in [9.17, 15) is 4.79 Å². The van der Waals surface area contributed by atoms with Gasteiger partial charge < -0.3 is 5.32 Å². The van der Waals surface area contributed by atoms with Crippen LogP contribution in [0.25, 0.3) is 0 Å². The Morgan fingerprint density at radius 1 is 1.57 bits per heavy atom. The van der Waals surface area contributed by atoms with Crippen molar-refractivity contribution in [2.45, 2.75) is 52.1 Å². The zero-order valence-electron chi connectivity index (χ0n) is 12.8. The van der Waals surface area contributed by atoms with Crippen molar-refractivity contribution in [2.75, 3.05) is 16.8 Å². The van der Waals surface area contributed by atoms with E-state index in [1.807, 2.05) is 11.8 Å². The van der Waals surface area contributed by atoms with Gasteiger partial charge in [-0.25, -0.2) is 4.68 Å². The van der Waals surface area contributed by atoms with Gasteiger partial charge in [-0.2, -0.15) is 16.9 Å². The third-order valence-electron chi connectivity index (χ3n) is 3.94. The Hall–Kier alpha value is -0.490. The van der Waals surface area contributed by atoms with Crippen LogP contribution in [-0.2, 0) is 6.54 Å². The second-order valence-electron chi connectivity index (χ2n) is 5.68. The minimum absolute atomic E-state index is 0.00808. The molecule has 0 amide bonds. The molecule has 1 aromatic rings. The highest BCUT2D eigenvalue weighted by molar-refractivity contribution is 9.10. The fraction of sp³-hybridized carbons (Fsp3) is 0.733. The van der Waals surface area contributed by atoms with E-state index in [1.165, 1.54) is 19.3 Å². The van der Waals surface area contributed by atoms with Crippen molar-refractivity contribution in [3.8, 4) is 0 Å². The van der Waals surface area contributed by atoms with E-state index in [0.717, 1.165) is 28.9 Å². The van der Waals surface area contributed by atoms with Gasteiger partial charge in [0.1, 0.15) is 5.69 Å². The smallest absolute Gasteiger partial charge is 0.291 e. The largest absolute Gasteiger partial charge is 0.377 e. The third kappa shape index (κ3) is 4.74. The second kappa shape index (κ2) is 8.22. The van der Waals surface area contributed by atoms with E-state index in [1.54, 1.807) is 10.9 Å². The highest BCUT2D eigenvalue weighted by Crippen LogP contribution is 2.27. The highest BCUT2D eigenvalue weighted by atomic mass is 79.9. The second-order valence-corrected chi connectivity index (χ2v) is 7.93. The molecule has 1 fully saturated rings. The fourth-order valence-corrected chi connectivity index (χ4v) is 3.56. The Labute approximate surface area is 139 Å². The number of hydrogen-bond donors (Lipinski definition) is 1. The summed E-state index contributed by atoms with van der Waals surface area (Å²) in [7, 11) is 0. The Kier molecular flexibility index (Phi) is 6.61. The number of anilines is 1. The molecule has 6 heteroatoms. The molecule has 0 aliphatic heterocycles. The first-order chi connectivity index (χ1) is 10.1. The normalized spacial score (nSPS) is 16.5. The number of halogens is 1. The summed E-state index contributed by atoms with van der Waals surface area (Å²) in [6.45, 7) is 5.04. The lowest BCUT2D eigenvalue weighted by atomic mass is 9.85. The number of hydrogen-bond acceptors (Lipinski definition) is 4. The van der Waals surface area contributed by atoms with Crippen LogP contribution in [0.2, 0.25) is 0 Å². The summed E-state index contributed by atoms with van der Waals surface area (Å²) < 4.78 is 2.37. The number of nitrogens with one attached hydrogen (secondary N) is 1. The summed E-state index contributed by atoms with van der Waals surface area (Å²) >= 11 is 5.38. The summed E-state index contributed by atoms with van der Waals surface area (Å²) in [6, 6.07) is 0.285. The molecule has 4 nitrogen and oxygen atoms in total. The first-order valence-electron chi connectivity index (χ1n) is 7.71. The van der Waals surface area contributed by atoms with Gasteiger partial charge in [-0.15, -0.1) is 0 Å². The first kappa shape index (κ1) is 16.9. The molecular formula is C15H24BrN3OS. The van der Waals surface area contributed by atoms with Crippen LogP contribution in [0.3, 0.4) is 0 Å². The van der Waals surface area contributed by atoms with Gasteiger partial charge in [0.15, 0.2) is 0 Å². The van der Waals surface area contributed by atoms with Crippen molar-refractivity contribution >= 4 is 33.4 Å². The van der Waals surface area contributed by atoms with Crippen molar-refractivity contribution in [2.24, 2.45) is 5.92 Å². The van der Waals surface area contributed by atoms with Crippen LogP contribution in [0.5, 0.6) is 0 Å². The predicted octanol–water partition coefficient (Wildman–Crippen LogP) is 3.75. The van der Waals surface area contributed by atoms with Crippen molar-refractivity contribution in [3.63, 3.8) is 0 Å². The van der Waals surface area contributed by atoms with Crippen LogP contribution in [-0.4, -0.2) is 27.3 Å². The molecule has 0 spiro atoms. The van der Waals surface area contributed by atoms with E-state index < -0.39 is 0 Å². The zero-order chi connectivity index (χ0) is 15.2. The molecule has 1 saturated carbocycles. The van der Waals surface area contributed by atoms with Gasteiger partial charge in [-0.1, -0.05) is 13.3 Å². The maximum atomic E-state index is 12.5. The van der Waals surface area contributed by atoms with E-state index in [2.05, 4.69) is 40.2 Å².